The van der Waals surface area contributed by atoms with Crippen molar-refractivity contribution in [2.45, 2.75) is 6.23 Å². The molecule has 1 aliphatic rings. The molecule has 0 spiro atoms. The van der Waals surface area contributed by atoms with Gasteiger partial charge in [0.15, 0.2) is 0 Å². The number of aromatic nitrogens is 1. The summed E-state index contributed by atoms with van der Waals surface area (Å²) in [7, 11) is 1.59. The fraction of sp³-hybridized carbons (Fsp3) is 0.111. The van der Waals surface area contributed by atoms with Gasteiger partial charge in [0, 0.05) is 16.5 Å². The number of benzene rings is 2. The third-order valence-electron chi connectivity index (χ3n) is 4.02. The van der Waals surface area contributed by atoms with E-state index in [1.807, 2.05) is 48.5 Å². The molecule has 6 heteroatoms. The number of aliphatic hydroxyl groups excluding tert-OH is 1. The number of aromatic amines is 1. The van der Waals surface area contributed by atoms with Gasteiger partial charge >= 0.3 is 0 Å². The second-order valence-electron chi connectivity index (χ2n) is 5.49. The number of carbonyl (C=O) groups is 1. The highest BCUT2D eigenvalue weighted by molar-refractivity contribution is 6.23. The number of para-hydroxylation sites is 1. The van der Waals surface area contributed by atoms with Gasteiger partial charge in [-0.2, -0.15) is 0 Å². The third kappa shape index (κ3) is 2.24. The fourth-order valence-electron chi connectivity index (χ4n) is 2.87. The van der Waals surface area contributed by atoms with Gasteiger partial charge in [0.1, 0.15) is 5.75 Å². The highest BCUT2D eigenvalue weighted by Gasteiger charge is 2.27. The number of nitrogens with zero attached hydrogens (tertiary/aromatic N) is 1. The molecular weight excluding hydrogens is 306 g/mol. The van der Waals surface area contributed by atoms with Crippen LogP contribution in [-0.2, 0) is 4.79 Å². The maximum absolute atomic E-state index is 12.1. The van der Waals surface area contributed by atoms with Crippen LogP contribution in [0, 0.1) is 0 Å². The molecule has 1 unspecified atom stereocenters. The van der Waals surface area contributed by atoms with Gasteiger partial charge in [-0.15, -0.1) is 0 Å². The Labute approximate surface area is 137 Å². The van der Waals surface area contributed by atoms with Crippen LogP contribution in [0.5, 0.6) is 5.75 Å². The summed E-state index contributed by atoms with van der Waals surface area (Å²) in [6, 6.07) is 15.0. The summed E-state index contributed by atoms with van der Waals surface area (Å²) in [6.45, 7) is 0. The van der Waals surface area contributed by atoms with Gasteiger partial charge in [0.25, 0.3) is 5.91 Å². The molecule has 0 saturated heterocycles. The molecular formula is C18H15N3O3. The Morgan fingerprint density at radius 1 is 1.17 bits per heavy atom. The largest absolute Gasteiger partial charge is 0.497 e. The summed E-state index contributed by atoms with van der Waals surface area (Å²) in [4.78, 5) is 19.6. The minimum atomic E-state index is -1.47. The van der Waals surface area contributed by atoms with Crippen LogP contribution in [0.4, 0.5) is 5.69 Å². The number of hydrogen-bond acceptors (Lipinski definition) is 4. The smallest absolute Gasteiger partial charge is 0.276 e. The van der Waals surface area contributed by atoms with Crippen molar-refractivity contribution in [2.75, 3.05) is 12.4 Å². The molecule has 2 heterocycles. The Kier molecular flexibility index (Phi) is 3.32. The lowest BCUT2D eigenvalue weighted by Crippen LogP contribution is -2.24. The van der Waals surface area contributed by atoms with Crippen molar-refractivity contribution in [3.63, 3.8) is 0 Å². The molecule has 24 heavy (non-hydrogen) atoms. The highest BCUT2D eigenvalue weighted by Crippen LogP contribution is 2.32. The quantitative estimate of drug-likeness (QED) is 0.677. The van der Waals surface area contributed by atoms with Gasteiger partial charge in [-0.05, 0) is 18.2 Å². The maximum Gasteiger partial charge on any atom is 0.276 e. The van der Waals surface area contributed by atoms with Gasteiger partial charge in [0.05, 0.1) is 24.2 Å². The van der Waals surface area contributed by atoms with E-state index in [1.165, 1.54) is 0 Å². The van der Waals surface area contributed by atoms with E-state index in [2.05, 4.69) is 15.3 Å². The first-order chi connectivity index (χ1) is 11.7. The number of hydrogen-bond donors (Lipinski definition) is 3. The van der Waals surface area contributed by atoms with E-state index in [0.717, 1.165) is 16.5 Å². The first-order valence-corrected chi connectivity index (χ1v) is 7.49. The summed E-state index contributed by atoms with van der Waals surface area (Å²) >= 11 is 0. The van der Waals surface area contributed by atoms with Gasteiger partial charge in [-0.1, -0.05) is 30.3 Å². The van der Waals surface area contributed by atoms with E-state index >= 15 is 0 Å². The number of ether oxygens (including phenoxy) is 1. The third-order valence-corrected chi connectivity index (χ3v) is 4.02. The topological polar surface area (TPSA) is 86.7 Å². The number of aliphatic imine (C=N–C) groups is 1. The van der Waals surface area contributed by atoms with Crippen molar-refractivity contribution >= 4 is 28.2 Å². The molecule has 0 aliphatic carbocycles. The average molecular weight is 321 g/mol. The number of anilines is 1. The number of H-pyrrole nitrogens is 1. The zero-order valence-electron chi connectivity index (χ0n) is 12.9. The molecule has 0 radical (unpaired) electrons. The molecule has 1 atom stereocenters. The Hall–Kier alpha value is -3.12. The Bertz CT molecular complexity index is 975. The van der Waals surface area contributed by atoms with Crippen molar-refractivity contribution in [2.24, 2.45) is 4.99 Å². The number of aliphatic hydroxyl groups is 1. The number of nitrogens with one attached hydrogen (secondary N) is 2. The first kappa shape index (κ1) is 14.5. The molecule has 4 rings (SSSR count). The molecule has 3 N–H and O–H groups in total. The van der Waals surface area contributed by atoms with Crippen LogP contribution in [0.1, 0.15) is 11.3 Å². The Balaban J connectivity index is 1.98. The molecule has 3 aromatic rings. The summed E-state index contributed by atoms with van der Waals surface area (Å²) in [5.74, 6) is 0.116. The lowest BCUT2D eigenvalue weighted by atomic mass is 10.1. The van der Waals surface area contributed by atoms with E-state index in [1.54, 1.807) is 7.11 Å². The van der Waals surface area contributed by atoms with Gasteiger partial charge in [-0.3, -0.25) is 4.79 Å². The standard InChI is InChI=1S/C18H15N3O3/c1-24-11-6-4-5-10(9-11)14-16-15(21-18(23)17(22)20-14)12-7-2-3-8-13(12)19-16/h2-9,17,19,22H,1H3,(H,21,23). The summed E-state index contributed by atoms with van der Waals surface area (Å²) < 4.78 is 5.26. The van der Waals surface area contributed by atoms with Crippen LogP contribution >= 0.6 is 0 Å². The summed E-state index contributed by atoms with van der Waals surface area (Å²) in [5.41, 5.74) is 3.42. The van der Waals surface area contributed by atoms with E-state index < -0.39 is 12.1 Å². The zero-order chi connectivity index (χ0) is 16.7. The highest BCUT2D eigenvalue weighted by atomic mass is 16.5. The van der Waals surface area contributed by atoms with Gasteiger partial charge < -0.3 is 20.1 Å². The molecule has 1 aliphatic heterocycles. The molecule has 0 bridgehead atoms. The number of amides is 1. The first-order valence-electron chi connectivity index (χ1n) is 7.49. The van der Waals surface area contributed by atoms with Crippen LogP contribution in [-0.4, -0.2) is 35.0 Å². The number of carbonyl (C=O) groups excluding carboxylic acids is 1. The molecule has 0 fully saturated rings. The molecule has 2 aromatic carbocycles. The average Bonchev–Trinajstić information content (AvgIpc) is 2.92. The van der Waals surface area contributed by atoms with Crippen molar-refractivity contribution < 1.29 is 14.6 Å². The Morgan fingerprint density at radius 2 is 2.00 bits per heavy atom. The lowest BCUT2D eigenvalue weighted by Gasteiger charge is -2.07. The van der Waals surface area contributed by atoms with Crippen LogP contribution in [0.15, 0.2) is 53.5 Å². The van der Waals surface area contributed by atoms with Crippen molar-refractivity contribution in [3.8, 4) is 5.75 Å². The second kappa shape index (κ2) is 5.50. The maximum atomic E-state index is 12.1. The minimum absolute atomic E-state index is 0.506. The van der Waals surface area contributed by atoms with Crippen LogP contribution < -0.4 is 10.1 Å². The van der Waals surface area contributed by atoms with Crippen molar-refractivity contribution in [1.29, 1.82) is 0 Å². The van der Waals surface area contributed by atoms with Crippen molar-refractivity contribution in [3.05, 3.63) is 59.8 Å². The molecule has 6 nitrogen and oxygen atoms in total. The minimum Gasteiger partial charge on any atom is -0.497 e. The number of fused-ring (bicyclic) bond motifs is 3. The second-order valence-corrected chi connectivity index (χ2v) is 5.49. The predicted molar refractivity (Wildman–Crippen MR) is 91.6 cm³/mol. The molecule has 120 valence electrons. The molecule has 1 aromatic heterocycles. The van der Waals surface area contributed by atoms with E-state index in [-0.39, 0.29) is 0 Å². The summed E-state index contributed by atoms with van der Waals surface area (Å²) in [5, 5.41) is 13.7. The fourth-order valence-corrected chi connectivity index (χ4v) is 2.87. The molecule has 0 saturated carbocycles. The molecule has 1 amide bonds. The van der Waals surface area contributed by atoms with Crippen LogP contribution in [0.3, 0.4) is 0 Å². The zero-order valence-corrected chi connectivity index (χ0v) is 12.9. The van der Waals surface area contributed by atoms with E-state index in [4.69, 9.17) is 4.74 Å². The van der Waals surface area contributed by atoms with Crippen LogP contribution in [0.2, 0.25) is 0 Å². The summed E-state index contributed by atoms with van der Waals surface area (Å²) in [6.07, 6.45) is -1.47. The van der Waals surface area contributed by atoms with Crippen molar-refractivity contribution in [1.82, 2.24) is 4.98 Å². The van der Waals surface area contributed by atoms with E-state index in [0.29, 0.717) is 22.8 Å². The van der Waals surface area contributed by atoms with Crippen LogP contribution in [0.25, 0.3) is 10.9 Å². The monoisotopic (exact) mass is 321 g/mol. The normalized spacial score (nSPS) is 17.0. The number of rotatable bonds is 2. The lowest BCUT2D eigenvalue weighted by molar-refractivity contribution is -0.123. The number of methoxy groups -OCH3 is 1. The Morgan fingerprint density at radius 3 is 2.83 bits per heavy atom. The van der Waals surface area contributed by atoms with Gasteiger partial charge in [-0.25, -0.2) is 4.99 Å². The SMILES string of the molecule is COc1cccc(C2=NC(O)C(=O)Nc3c2[nH]c2ccccc32)c1. The van der Waals surface area contributed by atoms with E-state index in [9.17, 15) is 9.90 Å². The predicted octanol–water partition coefficient (Wildman–Crippen LogP) is 2.28. The van der Waals surface area contributed by atoms with Gasteiger partial charge in [0.2, 0.25) is 6.23 Å².